The van der Waals surface area contributed by atoms with Crippen LogP contribution in [0.25, 0.3) is 10.9 Å². The molecule has 1 aromatic carbocycles. The minimum Gasteiger partial charge on any atom is -0.360 e. The first-order valence-corrected chi connectivity index (χ1v) is 6.81. The van der Waals surface area contributed by atoms with Crippen molar-refractivity contribution in [2.24, 2.45) is 0 Å². The molecule has 86 valence electrons. The van der Waals surface area contributed by atoms with E-state index in [0.29, 0.717) is 18.2 Å². The van der Waals surface area contributed by atoms with E-state index in [2.05, 4.69) is 4.98 Å². The highest BCUT2D eigenvalue weighted by molar-refractivity contribution is 7.93. The summed E-state index contributed by atoms with van der Waals surface area (Å²) >= 11 is 0. The fourth-order valence-electron chi connectivity index (χ4n) is 2.03. The van der Waals surface area contributed by atoms with E-state index >= 15 is 0 Å². The van der Waals surface area contributed by atoms with Gasteiger partial charge in [-0.15, -0.1) is 0 Å². The molecule has 1 fully saturated rings. The van der Waals surface area contributed by atoms with Crippen LogP contribution in [0.1, 0.15) is 12.8 Å². The van der Waals surface area contributed by atoms with Crippen LogP contribution in [0.5, 0.6) is 0 Å². The molecule has 4 nitrogen and oxygen atoms in total. The molecule has 2 aromatic rings. The number of fused-ring (bicyclic) bond motifs is 1. The summed E-state index contributed by atoms with van der Waals surface area (Å²) in [7, 11) is -3.55. The summed E-state index contributed by atoms with van der Waals surface area (Å²) in [6.07, 6.45) is 2.36. The van der Waals surface area contributed by atoms with Crippen molar-refractivity contribution in [1.29, 1.82) is 5.26 Å². The molecule has 1 aliphatic carbocycles. The van der Waals surface area contributed by atoms with Crippen LogP contribution in [-0.4, -0.2) is 18.1 Å². The molecule has 0 amide bonds. The second-order valence-corrected chi connectivity index (χ2v) is 6.54. The van der Waals surface area contributed by atoms with Crippen LogP contribution >= 0.6 is 0 Å². The molecule has 5 heteroatoms. The van der Waals surface area contributed by atoms with Crippen molar-refractivity contribution in [2.75, 3.05) is 0 Å². The fourth-order valence-corrected chi connectivity index (χ4v) is 3.89. The monoisotopic (exact) mass is 246 g/mol. The molecule has 1 aliphatic rings. The number of para-hydroxylation sites is 1. The van der Waals surface area contributed by atoms with Gasteiger partial charge in [-0.05, 0) is 18.9 Å². The third-order valence-corrected chi connectivity index (χ3v) is 5.71. The van der Waals surface area contributed by atoms with Crippen LogP contribution < -0.4 is 0 Å². The predicted octanol–water partition coefficient (Wildman–Crippen LogP) is 2.00. The molecular formula is C12H10N2O2S. The number of hydrogen-bond acceptors (Lipinski definition) is 3. The highest BCUT2D eigenvalue weighted by Gasteiger charge is 2.56. The van der Waals surface area contributed by atoms with Gasteiger partial charge in [0.2, 0.25) is 0 Å². The Bertz CT molecular complexity index is 733. The molecule has 0 saturated heterocycles. The summed E-state index contributed by atoms with van der Waals surface area (Å²) in [4.78, 5) is 3.17. The van der Waals surface area contributed by atoms with E-state index in [1.54, 1.807) is 12.1 Å². The van der Waals surface area contributed by atoms with Crippen LogP contribution in [0, 0.1) is 11.3 Å². The van der Waals surface area contributed by atoms with Crippen LogP contribution in [0.15, 0.2) is 35.4 Å². The lowest BCUT2D eigenvalue weighted by molar-refractivity contribution is 0.589. The standard InChI is InChI=1S/C12H10N2O2S/c13-8-12(5-6-12)17(15,16)11-7-14-10-4-2-1-3-9(10)11/h1-4,7,14H,5-6H2. The molecule has 0 aliphatic heterocycles. The first-order valence-electron chi connectivity index (χ1n) is 5.33. The summed E-state index contributed by atoms with van der Waals surface area (Å²) in [5, 5.41) is 9.68. The van der Waals surface area contributed by atoms with Gasteiger partial charge in [0.05, 0.1) is 11.0 Å². The van der Waals surface area contributed by atoms with E-state index in [9.17, 15) is 8.42 Å². The summed E-state index contributed by atoms with van der Waals surface area (Å²) < 4.78 is 23.6. The van der Waals surface area contributed by atoms with Gasteiger partial charge in [-0.2, -0.15) is 5.26 Å². The van der Waals surface area contributed by atoms with Gasteiger partial charge >= 0.3 is 0 Å². The van der Waals surface area contributed by atoms with Crippen molar-refractivity contribution in [3.63, 3.8) is 0 Å². The number of benzene rings is 1. The van der Waals surface area contributed by atoms with Gasteiger partial charge < -0.3 is 4.98 Å². The Kier molecular flexibility index (Phi) is 1.90. The second kappa shape index (κ2) is 3.11. The molecule has 1 N–H and O–H groups in total. The maximum absolute atomic E-state index is 12.4. The zero-order chi connectivity index (χ0) is 12.1. The summed E-state index contributed by atoms with van der Waals surface area (Å²) in [6, 6.07) is 9.15. The Hall–Kier alpha value is -1.80. The zero-order valence-electron chi connectivity index (χ0n) is 8.97. The zero-order valence-corrected chi connectivity index (χ0v) is 9.79. The van der Waals surface area contributed by atoms with E-state index < -0.39 is 14.6 Å². The van der Waals surface area contributed by atoms with Crippen molar-refractivity contribution in [3.8, 4) is 6.07 Å². The van der Waals surface area contributed by atoms with Crippen molar-refractivity contribution in [1.82, 2.24) is 4.98 Å². The quantitative estimate of drug-likeness (QED) is 0.880. The number of aromatic amines is 1. The minimum absolute atomic E-state index is 0.243. The van der Waals surface area contributed by atoms with E-state index in [4.69, 9.17) is 5.26 Å². The van der Waals surface area contributed by atoms with Crippen LogP contribution in [0.3, 0.4) is 0 Å². The smallest absolute Gasteiger partial charge is 0.199 e. The fraction of sp³-hybridized carbons (Fsp3) is 0.250. The topological polar surface area (TPSA) is 73.7 Å². The maximum atomic E-state index is 12.4. The number of nitrogens with zero attached hydrogens (tertiary/aromatic N) is 1. The Morgan fingerprint density at radius 3 is 2.65 bits per heavy atom. The van der Waals surface area contributed by atoms with Crippen molar-refractivity contribution < 1.29 is 8.42 Å². The average Bonchev–Trinajstić information content (AvgIpc) is 3.02. The number of sulfone groups is 1. The number of nitrogens with one attached hydrogen (secondary N) is 1. The predicted molar refractivity (Wildman–Crippen MR) is 63.1 cm³/mol. The first kappa shape index (κ1) is 10.4. The van der Waals surface area contributed by atoms with E-state index in [1.807, 2.05) is 18.2 Å². The highest BCUT2D eigenvalue weighted by atomic mass is 32.2. The molecule has 0 bridgehead atoms. The van der Waals surface area contributed by atoms with Gasteiger partial charge in [-0.25, -0.2) is 8.42 Å². The number of aromatic nitrogens is 1. The van der Waals surface area contributed by atoms with Gasteiger partial charge in [0.25, 0.3) is 0 Å². The second-order valence-electron chi connectivity index (χ2n) is 4.31. The molecular weight excluding hydrogens is 236 g/mol. The molecule has 1 aromatic heterocycles. The van der Waals surface area contributed by atoms with Gasteiger partial charge in [-0.1, -0.05) is 18.2 Å². The lowest BCUT2D eigenvalue weighted by atomic mass is 10.2. The number of nitriles is 1. The normalized spacial score (nSPS) is 17.8. The van der Waals surface area contributed by atoms with Gasteiger partial charge in [-0.3, -0.25) is 0 Å². The molecule has 0 atom stereocenters. The third kappa shape index (κ3) is 1.25. The SMILES string of the molecule is N#CC1(S(=O)(=O)c2c[nH]c3ccccc23)CC1. The lowest BCUT2D eigenvalue weighted by Crippen LogP contribution is -2.20. The first-order chi connectivity index (χ1) is 8.11. The Balaban J connectivity index is 2.27. The summed E-state index contributed by atoms with van der Waals surface area (Å²) in [6.45, 7) is 0. The van der Waals surface area contributed by atoms with E-state index in [0.717, 1.165) is 5.52 Å². The van der Waals surface area contributed by atoms with Gasteiger partial charge in [0, 0.05) is 17.1 Å². The highest BCUT2D eigenvalue weighted by Crippen LogP contribution is 2.47. The Labute approximate surface area is 98.8 Å². The van der Waals surface area contributed by atoms with E-state index in [-0.39, 0.29) is 4.90 Å². The number of H-pyrrole nitrogens is 1. The van der Waals surface area contributed by atoms with Crippen LogP contribution in [0.2, 0.25) is 0 Å². The van der Waals surface area contributed by atoms with Gasteiger partial charge in [0.1, 0.15) is 0 Å². The molecule has 1 saturated carbocycles. The number of rotatable bonds is 2. The van der Waals surface area contributed by atoms with Crippen LogP contribution in [-0.2, 0) is 9.84 Å². The van der Waals surface area contributed by atoms with E-state index in [1.165, 1.54) is 6.20 Å². The summed E-state index contributed by atoms with van der Waals surface area (Å²) in [5.41, 5.74) is 0.778. The number of hydrogen-bond donors (Lipinski definition) is 1. The third-order valence-electron chi connectivity index (χ3n) is 3.26. The molecule has 17 heavy (non-hydrogen) atoms. The molecule has 0 unspecified atom stereocenters. The Morgan fingerprint density at radius 2 is 2.00 bits per heavy atom. The van der Waals surface area contributed by atoms with Crippen molar-refractivity contribution >= 4 is 20.7 Å². The largest absolute Gasteiger partial charge is 0.360 e. The lowest BCUT2D eigenvalue weighted by Gasteiger charge is -2.06. The molecule has 0 spiro atoms. The minimum atomic E-state index is -3.55. The molecule has 1 heterocycles. The average molecular weight is 246 g/mol. The van der Waals surface area contributed by atoms with Crippen molar-refractivity contribution in [2.45, 2.75) is 22.5 Å². The maximum Gasteiger partial charge on any atom is 0.199 e. The Morgan fingerprint density at radius 1 is 1.29 bits per heavy atom. The van der Waals surface area contributed by atoms with Crippen LogP contribution in [0.4, 0.5) is 0 Å². The van der Waals surface area contributed by atoms with Gasteiger partial charge in [0.15, 0.2) is 14.6 Å². The summed E-state index contributed by atoms with van der Waals surface area (Å²) in [5.74, 6) is 0. The molecule has 3 rings (SSSR count). The molecule has 0 radical (unpaired) electrons. The van der Waals surface area contributed by atoms with Crippen molar-refractivity contribution in [3.05, 3.63) is 30.5 Å².